The fourth-order valence-corrected chi connectivity index (χ4v) is 3.86. The molecule has 1 unspecified atom stereocenters. The number of hydrogen-bond acceptors (Lipinski definition) is 4. The van der Waals surface area contributed by atoms with E-state index in [1.807, 2.05) is 19.1 Å². The minimum atomic E-state index is -3.53. The Kier molecular flexibility index (Phi) is 3.92. The lowest BCUT2D eigenvalue weighted by Crippen LogP contribution is -2.34. The van der Waals surface area contributed by atoms with E-state index in [0.717, 1.165) is 24.3 Å². The monoisotopic (exact) mass is 321 g/mol. The van der Waals surface area contributed by atoms with E-state index in [1.54, 1.807) is 7.05 Å². The van der Waals surface area contributed by atoms with Gasteiger partial charge < -0.3 is 4.74 Å². The van der Waals surface area contributed by atoms with Crippen molar-refractivity contribution in [1.82, 2.24) is 14.5 Å². The van der Waals surface area contributed by atoms with E-state index in [-0.39, 0.29) is 10.9 Å². The Hall–Kier alpha value is -1.86. The lowest BCUT2D eigenvalue weighted by Gasteiger charge is -2.14. The summed E-state index contributed by atoms with van der Waals surface area (Å²) in [4.78, 5) is 0.184. The van der Waals surface area contributed by atoms with Crippen LogP contribution in [0, 0.1) is 0 Å². The van der Waals surface area contributed by atoms with E-state index in [1.165, 1.54) is 22.6 Å². The number of benzene rings is 1. The molecule has 0 spiro atoms. The molecule has 0 bridgehead atoms. The van der Waals surface area contributed by atoms with Crippen molar-refractivity contribution >= 4 is 10.0 Å². The van der Waals surface area contributed by atoms with Crippen LogP contribution in [0.25, 0.3) is 0 Å². The van der Waals surface area contributed by atoms with Crippen molar-refractivity contribution in [3.05, 3.63) is 41.7 Å². The van der Waals surface area contributed by atoms with Crippen LogP contribution in [0.1, 0.15) is 18.1 Å². The molecule has 1 N–H and O–H groups in total. The summed E-state index contributed by atoms with van der Waals surface area (Å²) in [6, 6.07) is 5.83. The Morgan fingerprint density at radius 1 is 1.45 bits per heavy atom. The topological polar surface area (TPSA) is 73.2 Å². The van der Waals surface area contributed by atoms with Crippen molar-refractivity contribution in [2.75, 3.05) is 6.61 Å². The summed E-state index contributed by atoms with van der Waals surface area (Å²) < 4.78 is 34.1. The van der Waals surface area contributed by atoms with Crippen molar-refractivity contribution in [2.24, 2.45) is 7.05 Å². The van der Waals surface area contributed by atoms with Crippen LogP contribution in [-0.4, -0.2) is 30.8 Å². The molecule has 3 rings (SSSR count). The van der Waals surface area contributed by atoms with Crippen molar-refractivity contribution in [3.63, 3.8) is 0 Å². The number of ether oxygens (including phenoxy) is 1. The zero-order chi connectivity index (χ0) is 15.7. The SMILES string of the molecule is CC(Cc1ccc2c(c1)CCO2)NS(=O)(=O)c1cnn(C)c1. The van der Waals surface area contributed by atoms with E-state index in [4.69, 9.17) is 4.74 Å². The smallest absolute Gasteiger partial charge is 0.243 e. The van der Waals surface area contributed by atoms with Gasteiger partial charge in [-0.05, 0) is 30.5 Å². The molecule has 118 valence electrons. The molecule has 0 saturated carbocycles. The van der Waals surface area contributed by atoms with Crippen molar-refractivity contribution < 1.29 is 13.2 Å². The van der Waals surface area contributed by atoms with E-state index in [0.29, 0.717) is 6.42 Å². The van der Waals surface area contributed by atoms with Crippen LogP contribution in [0.4, 0.5) is 0 Å². The number of rotatable bonds is 5. The summed E-state index contributed by atoms with van der Waals surface area (Å²) in [6.45, 7) is 2.58. The quantitative estimate of drug-likeness (QED) is 0.900. The third kappa shape index (κ3) is 3.15. The second kappa shape index (κ2) is 5.73. The van der Waals surface area contributed by atoms with Crippen LogP contribution in [-0.2, 0) is 29.9 Å². The van der Waals surface area contributed by atoms with E-state index < -0.39 is 10.0 Å². The summed E-state index contributed by atoms with van der Waals surface area (Å²) in [6.07, 6.45) is 4.38. The molecule has 7 heteroatoms. The molecule has 1 aliphatic rings. The molecule has 0 saturated heterocycles. The lowest BCUT2D eigenvalue weighted by molar-refractivity contribution is 0.357. The van der Waals surface area contributed by atoms with Crippen molar-refractivity contribution in [3.8, 4) is 5.75 Å². The zero-order valence-electron chi connectivity index (χ0n) is 12.6. The van der Waals surface area contributed by atoms with Crippen LogP contribution < -0.4 is 9.46 Å². The van der Waals surface area contributed by atoms with Crippen LogP contribution in [0.3, 0.4) is 0 Å². The molecular weight excluding hydrogens is 302 g/mol. The zero-order valence-corrected chi connectivity index (χ0v) is 13.4. The van der Waals surface area contributed by atoms with E-state index in [9.17, 15) is 8.42 Å². The highest BCUT2D eigenvalue weighted by Gasteiger charge is 2.20. The number of nitrogens with one attached hydrogen (secondary N) is 1. The van der Waals surface area contributed by atoms with Gasteiger partial charge in [-0.15, -0.1) is 0 Å². The number of fused-ring (bicyclic) bond motifs is 1. The first-order valence-corrected chi connectivity index (χ1v) is 8.68. The molecule has 1 aliphatic heterocycles. The summed E-state index contributed by atoms with van der Waals surface area (Å²) >= 11 is 0. The molecule has 1 aromatic heterocycles. The van der Waals surface area contributed by atoms with E-state index in [2.05, 4.69) is 15.9 Å². The molecule has 22 heavy (non-hydrogen) atoms. The minimum absolute atomic E-state index is 0.184. The molecule has 2 aromatic rings. The molecule has 0 radical (unpaired) electrons. The lowest BCUT2D eigenvalue weighted by atomic mass is 10.0. The maximum absolute atomic E-state index is 12.2. The number of aromatic nitrogens is 2. The molecule has 1 atom stereocenters. The van der Waals surface area contributed by atoms with Gasteiger partial charge in [-0.2, -0.15) is 5.10 Å². The second-order valence-corrected chi connectivity index (χ2v) is 7.33. The van der Waals surface area contributed by atoms with Gasteiger partial charge in [-0.3, -0.25) is 4.68 Å². The molecule has 1 aromatic carbocycles. The molecule has 2 heterocycles. The van der Waals surface area contributed by atoms with Gasteiger partial charge in [0, 0.05) is 25.7 Å². The predicted octanol–water partition coefficient (Wildman–Crippen LogP) is 1.26. The Bertz CT molecular complexity index is 783. The van der Waals surface area contributed by atoms with Gasteiger partial charge in [0.05, 0.1) is 12.8 Å². The normalized spacial score (nSPS) is 15.4. The fourth-order valence-electron chi connectivity index (χ4n) is 2.63. The van der Waals surface area contributed by atoms with Gasteiger partial charge >= 0.3 is 0 Å². The van der Waals surface area contributed by atoms with Gasteiger partial charge in [0.25, 0.3) is 0 Å². The minimum Gasteiger partial charge on any atom is -0.493 e. The van der Waals surface area contributed by atoms with Crippen LogP contribution in [0.5, 0.6) is 5.75 Å². The fraction of sp³-hybridized carbons (Fsp3) is 0.400. The molecule has 0 fully saturated rings. The van der Waals surface area contributed by atoms with Crippen LogP contribution in [0.15, 0.2) is 35.5 Å². The first kappa shape index (κ1) is 15.1. The highest BCUT2D eigenvalue weighted by molar-refractivity contribution is 7.89. The number of aryl methyl sites for hydroxylation is 1. The number of sulfonamides is 1. The number of hydrogen-bond donors (Lipinski definition) is 1. The maximum atomic E-state index is 12.2. The van der Waals surface area contributed by atoms with Gasteiger partial charge in [0.15, 0.2) is 0 Å². The number of nitrogens with zero attached hydrogens (tertiary/aromatic N) is 2. The molecule has 6 nitrogen and oxygen atoms in total. The molecule has 0 aliphatic carbocycles. The Morgan fingerprint density at radius 3 is 3.00 bits per heavy atom. The largest absolute Gasteiger partial charge is 0.493 e. The summed E-state index contributed by atoms with van der Waals surface area (Å²) in [5, 5.41) is 3.90. The summed E-state index contributed by atoms with van der Waals surface area (Å²) in [5.41, 5.74) is 2.30. The highest BCUT2D eigenvalue weighted by Crippen LogP contribution is 2.26. The van der Waals surface area contributed by atoms with Gasteiger partial charge in [-0.25, -0.2) is 13.1 Å². The maximum Gasteiger partial charge on any atom is 0.243 e. The molecular formula is C15H19N3O3S. The van der Waals surface area contributed by atoms with E-state index >= 15 is 0 Å². The first-order valence-electron chi connectivity index (χ1n) is 7.19. The highest BCUT2D eigenvalue weighted by atomic mass is 32.2. The van der Waals surface area contributed by atoms with Gasteiger partial charge in [0.1, 0.15) is 10.6 Å². The second-order valence-electron chi connectivity index (χ2n) is 5.62. The van der Waals surface area contributed by atoms with Crippen LogP contribution in [0.2, 0.25) is 0 Å². The third-order valence-electron chi connectivity index (χ3n) is 3.64. The summed E-state index contributed by atoms with van der Waals surface area (Å²) in [7, 11) is -1.84. The average molecular weight is 321 g/mol. The standard InChI is InChI=1S/C15H19N3O3S/c1-11(17-22(19,20)14-9-16-18(2)10-14)7-12-3-4-15-13(8-12)5-6-21-15/h3-4,8-11,17H,5-7H2,1-2H3. The molecule has 0 amide bonds. The Labute approximate surface area is 130 Å². The van der Waals surface area contributed by atoms with Crippen molar-refractivity contribution in [2.45, 2.75) is 30.7 Å². The third-order valence-corrected chi connectivity index (χ3v) is 5.19. The van der Waals surface area contributed by atoms with Gasteiger partial charge in [-0.1, -0.05) is 12.1 Å². The van der Waals surface area contributed by atoms with Gasteiger partial charge in [0.2, 0.25) is 10.0 Å². The first-order chi connectivity index (χ1) is 10.4. The predicted molar refractivity (Wildman–Crippen MR) is 82.3 cm³/mol. The summed E-state index contributed by atoms with van der Waals surface area (Å²) in [5.74, 6) is 0.937. The average Bonchev–Trinajstić information content (AvgIpc) is 3.06. The Balaban J connectivity index is 1.68. The van der Waals surface area contributed by atoms with Crippen LogP contribution >= 0.6 is 0 Å². The van der Waals surface area contributed by atoms with Crippen molar-refractivity contribution in [1.29, 1.82) is 0 Å². The Morgan fingerprint density at radius 2 is 2.27 bits per heavy atom.